The zero-order valence-corrected chi connectivity index (χ0v) is 29.9. The van der Waals surface area contributed by atoms with Gasteiger partial charge in [-0.15, -0.1) is 0 Å². The fourth-order valence-electron chi connectivity index (χ4n) is 7.70. The summed E-state index contributed by atoms with van der Waals surface area (Å²) < 4.78 is 6.23. The molecule has 0 saturated heterocycles. The highest BCUT2D eigenvalue weighted by Gasteiger charge is 2.18. The standard InChI is InChI=1S/C49H30N6O/c1-3-9-31(10-4-1)46-53-47(32-11-5-2-6-12-32)55-48(54-46)33-17-15-30(16-18-33)36-20-21-37(39-14-8-7-13-38(36)39)35-19-22-41-40(29-35)44-42(51-41)23-24-43-45(44)52-49(56-43)34-25-27-50-28-26-34/h1-29,51H. The van der Waals surface area contributed by atoms with Gasteiger partial charge in [-0.3, -0.25) is 4.98 Å². The summed E-state index contributed by atoms with van der Waals surface area (Å²) in [6, 6.07) is 56.2. The maximum atomic E-state index is 6.23. The van der Waals surface area contributed by atoms with Gasteiger partial charge in [0.25, 0.3) is 0 Å². The van der Waals surface area contributed by atoms with Crippen LogP contribution >= 0.6 is 0 Å². The van der Waals surface area contributed by atoms with Gasteiger partial charge >= 0.3 is 0 Å². The molecular weight excluding hydrogens is 689 g/mol. The van der Waals surface area contributed by atoms with Crippen molar-refractivity contribution in [1.82, 2.24) is 29.9 Å². The van der Waals surface area contributed by atoms with Crippen LogP contribution in [0.25, 0.3) is 112 Å². The smallest absolute Gasteiger partial charge is 0.227 e. The van der Waals surface area contributed by atoms with Crippen LogP contribution in [0.5, 0.6) is 0 Å². The van der Waals surface area contributed by atoms with E-state index in [0.29, 0.717) is 23.4 Å². The number of oxazole rings is 1. The van der Waals surface area contributed by atoms with Crippen molar-refractivity contribution < 1.29 is 4.42 Å². The summed E-state index contributed by atoms with van der Waals surface area (Å²) in [5.41, 5.74) is 11.9. The number of hydrogen-bond acceptors (Lipinski definition) is 6. The minimum atomic E-state index is 0.581. The average Bonchev–Trinajstić information content (AvgIpc) is 3.88. The van der Waals surface area contributed by atoms with Crippen LogP contribution in [0.3, 0.4) is 0 Å². The predicted molar refractivity (Wildman–Crippen MR) is 225 cm³/mol. The van der Waals surface area contributed by atoms with E-state index in [0.717, 1.165) is 77.4 Å². The molecule has 0 radical (unpaired) electrons. The summed E-state index contributed by atoms with van der Waals surface area (Å²) in [5.74, 6) is 2.50. The molecule has 0 aliphatic rings. The quantitative estimate of drug-likeness (QED) is 0.184. The molecule has 7 nitrogen and oxygen atoms in total. The summed E-state index contributed by atoms with van der Waals surface area (Å²) in [4.78, 5) is 27.4. The molecule has 0 aliphatic carbocycles. The molecule has 7 aromatic carbocycles. The molecule has 11 aromatic rings. The summed E-state index contributed by atoms with van der Waals surface area (Å²) in [7, 11) is 0. The Hall–Kier alpha value is -7.77. The van der Waals surface area contributed by atoms with E-state index in [-0.39, 0.29) is 0 Å². The number of nitrogens with zero attached hydrogens (tertiary/aromatic N) is 5. The van der Waals surface area contributed by atoms with Gasteiger partial charge in [0.1, 0.15) is 5.52 Å². The first-order valence-corrected chi connectivity index (χ1v) is 18.5. The third-order valence-corrected chi connectivity index (χ3v) is 10.4. The largest absolute Gasteiger partial charge is 0.436 e. The van der Waals surface area contributed by atoms with Crippen LogP contribution in [0, 0.1) is 0 Å². The van der Waals surface area contributed by atoms with Gasteiger partial charge in [0.2, 0.25) is 5.89 Å². The van der Waals surface area contributed by atoms with Crippen molar-refractivity contribution in [1.29, 1.82) is 0 Å². The second kappa shape index (κ2) is 13.0. The molecule has 0 spiro atoms. The molecule has 0 aliphatic heterocycles. The molecule has 11 rings (SSSR count). The third-order valence-electron chi connectivity index (χ3n) is 10.4. The van der Waals surface area contributed by atoms with Gasteiger partial charge in [-0.05, 0) is 69.4 Å². The molecule has 0 atom stereocenters. The molecule has 7 heteroatoms. The van der Waals surface area contributed by atoms with E-state index >= 15 is 0 Å². The fourth-order valence-corrected chi connectivity index (χ4v) is 7.70. The molecule has 1 N–H and O–H groups in total. The van der Waals surface area contributed by atoms with Crippen LogP contribution in [0.15, 0.2) is 181 Å². The number of nitrogens with one attached hydrogen (secondary N) is 1. The van der Waals surface area contributed by atoms with E-state index in [1.165, 1.54) is 10.8 Å². The molecule has 0 saturated carbocycles. The van der Waals surface area contributed by atoms with Gasteiger partial charge in [-0.1, -0.05) is 127 Å². The van der Waals surface area contributed by atoms with E-state index in [1.807, 2.05) is 78.9 Å². The first-order valence-electron chi connectivity index (χ1n) is 18.5. The van der Waals surface area contributed by atoms with Gasteiger partial charge in [-0.2, -0.15) is 0 Å². The van der Waals surface area contributed by atoms with Crippen LogP contribution in [0.2, 0.25) is 0 Å². The van der Waals surface area contributed by atoms with Crippen molar-refractivity contribution in [3.8, 4) is 67.9 Å². The SMILES string of the molecule is c1ccc(-c2nc(-c3ccccc3)nc(-c3ccc(-c4ccc(-c5ccc6[nH]c7ccc8oc(-c9ccncc9)nc8c7c6c5)c5ccccc45)cc3)n2)cc1. The number of aromatic amines is 1. The Morgan fingerprint density at radius 2 is 0.929 bits per heavy atom. The number of benzene rings is 7. The molecule has 4 aromatic heterocycles. The first kappa shape index (κ1) is 31.7. The summed E-state index contributed by atoms with van der Waals surface area (Å²) in [6.45, 7) is 0. The van der Waals surface area contributed by atoms with Crippen LogP contribution in [0.4, 0.5) is 0 Å². The predicted octanol–water partition coefficient (Wildman–Crippen LogP) is 12.2. The maximum Gasteiger partial charge on any atom is 0.227 e. The van der Waals surface area contributed by atoms with Gasteiger partial charge in [0.15, 0.2) is 23.1 Å². The van der Waals surface area contributed by atoms with E-state index in [9.17, 15) is 0 Å². The van der Waals surface area contributed by atoms with E-state index in [2.05, 4.69) is 94.9 Å². The normalized spacial score (nSPS) is 11.6. The van der Waals surface area contributed by atoms with Gasteiger partial charge in [-0.25, -0.2) is 19.9 Å². The molecule has 0 fully saturated rings. The van der Waals surface area contributed by atoms with Crippen molar-refractivity contribution in [2.75, 3.05) is 0 Å². The van der Waals surface area contributed by atoms with Crippen molar-refractivity contribution in [3.63, 3.8) is 0 Å². The van der Waals surface area contributed by atoms with Gasteiger partial charge in [0, 0.05) is 56.5 Å². The molecule has 0 unspecified atom stereocenters. The number of pyridine rings is 1. The lowest BCUT2D eigenvalue weighted by Crippen LogP contribution is -2.00. The van der Waals surface area contributed by atoms with Crippen LogP contribution in [-0.4, -0.2) is 29.9 Å². The molecule has 4 heterocycles. The third kappa shape index (κ3) is 5.41. The van der Waals surface area contributed by atoms with Gasteiger partial charge in [0.05, 0.1) is 0 Å². The molecule has 0 amide bonds. The Labute approximate surface area is 321 Å². The van der Waals surface area contributed by atoms with Crippen molar-refractivity contribution in [3.05, 3.63) is 176 Å². The van der Waals surface area contributed by atoms with E-state index in [1.54, 1.807) is 12.4 Å². The van der Waals surface area contributed by atoms with Crippen molar-refractivity contribution in [2.24, 2.45) is 0 Å². The maximum absolute atomic E-state index is 6.23. The molecule has 56 heavy (non-hydrogen) atoms. The van der Waals surface area contributed by atoms with Crippen LogP contribution in [-0.2, 0) is 0 Å². The Bertz CT molecular complexity index is 3170. The second-order valence-corrected chi connectivity index (χ2v) is 13.8. The van der Waals surface area contributed by atoms with Crippen LogP contribution < -0.4 is 0 Å². The lowest BCUT2D eigenvalue weighted by Gasteiger charge is -2.13. The van der Waals surface area contributed by atoms with Crippen molar-refractivity contribution in [2.45, 2.75) is 0 Å². The summed E-state index contributed by atoms with van der Waals surface area (Å²) in [5, 5.41) is 4.51. The Morgan fingerprint density at radius 3 is 1.57 bits per heavy atom. The average molecular weight is 719 g/mol. The van der Waals surface area contributed by atoms with E-state index in [4.69, 9.17) is 24.4 Å². The van der Waals surface area contributed by atoms with Crippen molar-refractivity contribution >= 4 is 43.7 Å². The summed E-state index contributed by atoms with van der Waals surface area (Å²) >= 11 is 0. The lowest BCUT2D eigenvalue weighted by atomic mass is 9.91. The Kier molecular flexibility index (Phi) is 7.35. The zero-order valence-electron chi connectivity index (χ0n) is 29.9. The highest BCUT2D eigenvalue weighted by Crippen LogP contribution is 2.40. The molecule has 262 valence electrons. The fraction of sp³-hybridized carbons (Fsp3) is 0. The lowest BCUT2D eigenvalue weighted by molar-refractivity contribution is 0.620. The monoisotopic (exact) mass is 718 g/mol. The number of aromatic nitrogens is 6. The van der Waals surface area contributed by atoms with E-state index < -0.39 is 0 Å². The van der Waals surface area contributed by atoms with Gasteiger partial charge < -0.3 is 9.40 Å². The highest BCUT2D eigenvalue weighted by atomic mass is 16.3. The topological polar surface area (TPSA) is 93.4 Å². The highest BCUT2D eigenvalue weighted by molar-refractivity contribution is 6.19. The number of fused-ring (bicyclic) bond motifs is 6. The first-order chi connectivity index (χ1) is 27.7. The second-order valence-electron chi connectivity index (χ2n) is 13.8. The minimum absolute atomic E-state index is 0.581. The number of H-pyrrole nitrogens is 1. The van der Waals surface area contributed by atoms with Crippen LogP contribution in [0.1, 0.15) is 0 Å². The Balaban J connectivity index is 0.986. The molecular formula is C49H30N6O. The molecule has 0 bridgehead atoms. The number of rotatable bonds is 6. The Morgan fingerprint density at radius 1 is 0.393 bits per heavy atom. The minimum Gasteiger partial charge on any atom is -0.436 e. The summed E-state index contributed by atoms with van der Waals surface area (Å²) in [6.07, 6.45) is 3.51. The zero-order chi connectivity index (χ0) is 37.0. The number of hydrogen-bond donors (Lipinski definition) is 1.